The van der Waals surface area contributed by atoms with Gasteiger partial charge < -0.3 is 4.42 Å². The summed E-state index contributed by atoms with van der Waals surface area (Å²) < 4.78 is 8.97. The van der Waals surface area contributed by atoms with Crippen LogP contribution < -0.4 is 4.57 Å². The number of benzene rings is 9. The number of rotatable bonds is 6. The van der Waals surface area contributed by atoms with Crippen molar-refractivity contribution in [1.82, 2.24) is 24.9 Å². The van der Waals surface area contributed by atoms with Crippen molar-refractivity contribution in [2.75, 3.05) is 0 Å². The Kier molecular flexibility index (Phi) is 8.36. The highest BCUT2D eigenvalue weighted by Crippen LogP contribution is 2.64. The summed E-state index contributed by atoms with van der Waals surface area (Å²) in [5.41, 5.74) is 15.9. The molecule has 1 spiro atoms. The van der Waals surface area contributed by atoms with Crippen LogP contribution in [-0.4, -0.2) is 24.9 Å². The van der Waals surface area contributed by atoms with E-state index in [0.29, 0.717) is 23.3 Å². The number of hydrogen-bond acceptors (Lipinski definition) is 6. The van der Waals surface area contributed by atoms with Gasteiger partial charge in [0.25, 0.3) is 5.82 Å². The summed E-state index contributed by atoms with van der Waals surface area (Å²) in [6.45, 7) is 0. The molecular weight excluding hydrogens is 833 g/mol. The minimum absolute atomic E-state index is 0.602. The zero-order valence-electron chi connectivity index (χ0n) is 36.5. The maximum atomic E-state index is 6.86. The molecule has 12 aromatic rings. The summed E-state index contributed by atoms with van der Waals surface area (Å²) in [6.07, 6.45) is 1.90. The highest BCUT2D eigenvalue weighted by atomic mass is 16.3. The van der Waals surface area contributed by atoms with E-state index in [1.165, 1.54) is 16.7 Å². The molecule has 3 heterocycles. The Hall–Kier alpha value is -9.20. The average Bonchev–Trinajstić information content (AvgIpc) is 4.05. The number of fused-ring (bicyclic) bond motifs is 14. The van der Waals surface area contributed by atoms with Crippen molar-refractivity contribution in [3.05, 3.63) is 247 Å². The van der Waals surface area contributed by atoms with Crippen LogP contribution in [0.15, 0.2) is 229 Å². The molecule has 7 heteroatoms. The van der Waals surface area contributed by atoms with Gasteiger partial charge >= 0.3 is 5.82 Å². The highest BCUT2D eigenvalue weighted by Gasteiger charge is 2.53. The quantitative estimate of drug-likeness (QED) is 0.155. The van der Waals surface area contributed by atoms with Gasteiger partial charge in [-0.3, -0.25) is 0 Å². The molecule has 9 aromatic carbocycles. The molecule has 316 valence electrons. The lowest BCUT2D eigenvalue weighted by Gasteiger charge is -2.30. The molecule has 68 heavy (non-hydrogen) atoms. The summed E-state index contributed by atoms with van der Waals surface area (Å²) >= 11 is 0. The third-order valence-electron chi connectivity index (χ3n) is 13.7. The van der Waals surface area contributed by atoms with E-state index in [1.54, 1.807) is 0 Å². The van der Waals surface area contributed by atoms with Crippen LogP contribution in [0.4, 0.5) is 0 Å². The van der Waals surface area contributed by atoms with E-state index in [4.69, 9.17) is 29.3 Å². The number of furan rings is 1. The van der Waals surface area contributed by atoms with Crippen LogP contribution in [0.3, 0.4) is 0 Å². The van der Waals surface area contributed by atoms with Crippen LogP contribution in [0, 0.1) is 0 Å². The van der Waals surface area contributed by atoms with Gasteiger partial charge in [0, 0.05) is 33.0 Å². The van der Waals surface area contributed by atoms with Crippen LogP contribution in [0.2, 0.25) is 0 Å². The van der Waals surface area contributed by atoms with E-state index in [-0.39, 0.29) is 0 Å². The molecule has 0 aliphatic heterocycles. The van der Waals surface area contributed by atoms with Crippen LogP contribution in [0.25, 0.3) is 107 Å². The van der Waals surface area contributed by atoms with E-state index in [9.17, 15) is 0 Å². The Morgan fingerprint density at radius 1 is 0.368 bits per heavy atom. The van der Waals surface area contributed by atoms with E-state index < -0.39 is 5.41 Å². The third-order valence-corrected chi connectivity index (χ3v) is 13.7. The zero-order valence-corrected chi connectivity index (χ0v) is 36.5. The molecule has 1 unspecified atom stereocenters. The van der Waals surface area contributed by atoms with Gasteiger partial charge in [0.1, 0.15) is 16.9 Å². The second-order valence-corrected chi connectivity index (χ2v) is 17.4. The zero-order chi connectivity index (χ0) is 44.8. The Morgan fingerprint density at radius 2 is 0.941 bits per heavy atom. The molecule has 3 aromatic heterocycles. The molecule has 0 saturated heterocycles. The fourth-order valence-electron chi connectivity index (χ4n) is 10.7. The van der Waals surface area contributed by atoms with Gasteiger partial charge in [-0.05, 0) is 87.5 Å². The first-order valence-electron chi connectivity index (χ1n) is 22.8. The largest absolute Gasteiger partial charge is 0.455 e. The molecule has 7 nitrogen and oxygen atoms in total. The SMILES string of the molecule is c1ccc(-c2nc(-c3ccccc3)nc(-c3ccc4c(c3)C3(c5ccc(-[n+]6cnc(-c7ccccc7)nc6-c6ccccc6)cc5-4)c4ccccc4-c4c3ccc3c4oc4ccccc43)n2)cc1. The predicted octanol–water partition coefficient (Wildman–Crippen LogP) is 13.5. The first-order valence-corrected chi connectivity index (χ1v) is 22.8. The van der Waals surface area contributed by atoms with Crippen LogP contribution in [0.1, 0.15) is 22.3 Å². The van der Waals surface area contributed by atoms with E-state index in [2.05, 4.69) is 120 Å². The Morgan fingerprint density at radius 3 is 1.65 bits per heavy atom. The standard InChI is InChI=1S/C61H37N6O/c1-5-17-38(18-6-1)56-62-37-67(60(66-56)41-23-11-4-12-24-41)43-30-33-50-48(36-43)44-31-29-42(59-64-57(39-19-7-2-8-20-39)63-58(65-59)40-21-9-3-10-22-40)35-52(44)61(50)49-27-15-13-26-47(49)54-51(61)34-32-46-45-25-14-16-28-53(45)68-55(46)54/h1-37H/q+1. The molecule has 2 aliphatic carbocycles. The topological polar surface area (TPSA) is 81.5 Å². The summed E-state index contributed by atoms with van der Waals surface area (Å²) in [5, 5.41) is 2.21. The van der Waals surface area contributed by atoms with Crippen molar-refractivity contribution in [3.63, 3.8) is 0 Å². The lowest BCUT2D eigenvalue weighted by molar-refractivity contribution is -0.590. The van der Waals surface area contributed by atoms with Crippen molar-refractivity contribution < 1.29 is 8.98 Å². The van der Waals surface area contributed by atoms with Gasteiger partial charge in [0.05, 0.1) is 16.5 Å². The van der Waals surface area contributed by atoms with Gasteiger partial charge in [0.2, 0.25) is 6.33 Å². The van der Waals surface area contributed by atoms with Gasteiger partial charge in [-0.1, -0.05) is 180 Å². The monoisotopic (exact) mass is 869 g/mol. The fourth-order valence-corrected chi connectivity index (χ4v) is 10.7. The lowest BCUT2D eigenvalue weighted by atomic mass is 9.70. The van der Waals surface area contributed by atoms with Crippen molar-refractivity contribution in [2.24, 2.45) is 0 Å². The molecule has 0 bridgehead atoms. The number of nitrogens with zero attached hydrogens (tertiary/aromatic N) is 6. The van der Waals surface area contributed by atoms with Crippen molar-refractivity contribution >= 4 is 21.9 Å². The summed E-state index contributed by atoms with van der Waals surface area (Å²) in [5.74, 6) is 3.30. The molecule has 2 aliphatic rings. The van der Waals surface area contributed by atoms with Crippen molar-refractivity contribution in [1.29, 1.82) is 0 Å². The molecular formula is C61H37N6O+. The molecule has 0 saturated carbocycles. The Bertz CT molecular complexity index is 3910. The second kappa shape index (κ2) is 14.9. The molecule has 0 amide bonds. The average molecular weight is 870 g/mol. The molecule has 0 N–H and O–H groups in total. The maximum absolute atomic E-state index is 6.86. The van der Waals surface area contributed by atoms with Crippen LogP contribution in [0.5, 0.6) is 0 Å². The summed E-state index contributed by atoms with van der Waals surface area (Å²) in [7, 11) is 0. The minimum Gasteiger partial charge on any atom is -0.455 e. The fraction of sp³-hybridized carbons (Fsp3) is 0.0164. The normalized spacial score (nSPS) is 14.2. The van der Waals surface area contributed by atoms with E-state index >= 15 is 0 Å². The first-order chi connectivity index (χ1) is 33.7. The lowest BCUT2D eigenvalue weighted by Crippen LogP contribution is -2.35. The molecule has 0 fully saturated rings. The van der Waals surface area contributed by atoms with E-state index in [0.717, 1.165) is 89.1 Å². The summed E-state index contributed by atoms with van der Waals surface area (Å²) in [6, 6.07) is 76.1. The number of hydrogen-bond donors (Lipinski definition) is 0. The third kappa shape index (κ3) is 5.66. The molecule has 14 rings (SSSR count). The first kappa shape index (κ1) is 38.1. The van der Waals surface area contributed by atoms with Crippen molar-refractivity contribution in [2.45, 2.75) is 5.41 Å². The smallest absolute Gasteiger partial charge is 0.307 e. The number of aromatic nitrogens is 6. The molecule has 1 atom stereocenters. The maximum Gasteiger partial charge on any atom is 0.307 e. The molecule has 0 radical (unpaired) electrons. The van der Waals surface area contributed by atoms with Gasteiger partial charge in [-0.2, -0.15) is 4.57 Å². The minimum atomic E-state index is -0.712. The van der Waals surface area contributed by atoms with E-state index in [1.807, 2.05) is 109 Å². The highest BCUT2D eigenvalue weighted by molar-refractivity contribution is 6.13. The van der Waals surface area contributed by atoms with Crippen LogP contribution in [-0.2, 0) is 5.41 Å². The van der Waals surface area contributed by atoms with Crippen molar-refractivity contribution in [3.8, 4) is 84.9 Å². The van der Waals surface area contributed by atoms with Gasteiger partial charge in [-0.15, -0.1) is 0 Å². The van der Waals surface area contributed by atoms with Crippen LogP contribution >= 0.6 is 0 Å². The second-order valence-electron chi connectivity index (χ2n) is 17.4. The Labute approximate surface area is 391 Å². The number of para-hydroxylation sites is 1. The predicted molar refractivity (Wildman–Crippen MR) is 268 cm³/mol. The van der Waals surface area contributed by atoms with Gasteiger partial charge in [0.15, 0.2) is 17.5 Å². The summed E-state index contributed by atoms with van der Waals surface area (Å²) in [4.78, 5) is 25.6. The Balaban J connectivity index is 1.04. The van der Waals surface area contributed by atoms with Gasteiger partial charge in [-0.25, -0.2) is 15.0 Å².